The van der Waals surface area contributed by atoms with Crippen LogP contribution in [0, 0.1) is 5.82 Å². The van der Waals surface area contributed by atoms with E-state index in [0.29, 0.717) is 12.1 Å². The minimum absolute atomic E-state index is 0.173. The number of aromatic nitrogens is 2. The summed E-state index contributed by atoms with van der Waals surface area (Å²) in [6, 6.07) is 9.15. The molecule has 0 unspecified atom stereocenters. The third-order valence-electron chi connectivity index (χ3n) is 3.23. The first-order valence-corrected chi connectivity index (χ1v) is 7.61. The van der Waals surface area contributed by atoms with Gasteiger partial charge in [-0.3, -0.25) is 4.68 Å². The fraction of sp³-hybridized carbons (Fsp3) is 0.188. The van der Waals surface area contributed by atoms with E-state index < -0.39 is 0 Å². The van der Waals surface area contributed by atoms with Crippen molar-refractivity contribution in [3.63, 3.8) is 0 Å². The average Bonchev–Trinajstić information content (AvgIpc) is 3.12. The van der Waals surface area contributed by atoms with Gasteiger partial charge in [-0.15, -0.1) is 11.3 Å². The third kappa shape index (κ3) is 3.37. The van der Waals surface area contributed by atoms with E-state index >= 15 is 0 Å². The lowest BCUT2D eigenvalue weighted by molar-refractivity contribution is 0.629. The highest BCUT2D eigenvalue weighted by molar-refractivity contribution is 7.13. The lowest BCUT2D eigenvalue weighted by atomic mass is 10.1. The van der Waals surface area contributed by atoms with Gasteiger partial charge in [0, 0.05) is 42.3 Å². The molecule has 0 aliphatic rings. The summed E-state index contributed by atoms with van der Waals surface area (Å²) < 4.78 is 15.7. The summed E-state index contributed by atoms with van der Waals surface area (Å²) in [6.45, 7) is 1.45. The van der Waals surface area contributed by atoms with E-state index in [0.717, 1.165) is 22.5 Å². The summed E-state index contributed by atoms with van der Waals surface area (Å²) in [4.78, 5) is 0.960. The number of hydrogen-bond acceptors (Lipinski definition) is 3. The highest BCUT2D eigenvalue weighted by Crippen LogP contribution is 2.28. The lowest BCUT2D eigenvalue weighted by Gasteiger charge is -2.07. The Balaban J connectivity index is 1.67. The van der Waals surface area contributed by atoms with Crippen LogP contribution in [0.4, 0.5) is 4.39 Å². The molecular weight excluding hydrogens is 285 g/mol. The molecule has 0 radical (unpaired) electrons. The number of nitrogens with one attached hydrogen (secondary N) is 1. The van der Waals surface area contributed by atoms with Crippen LogP contribution in [-0.2, 0) is 20.1 Å². The minimum Gasteiger partial charge on any atom is -0.309 e. The normalized spacial score (nSPS) is 11.0. The number of rotatable bonds is 5. The van der Waals surface area contributed by atoms with E-state index in [1.165, 1.54) is 6.07 Å². The van der Waals surface area contributed by atoms with Crippen LogP contribution in [0.3, 0.4) is 0 Å². The predicted molar refractivity (Wildman–Crippen MR) is 83.5 cm³/mol. The zero-order chi connectivity index (χ0) is 14.7. The van der Waals surface area contributed by atoms with Gasteiger partial charge in [0.2, 0.25) is 0 Å². The van der Waals surface area contributed by atoms with Crippen LogP contribution in [0.2, 0.25) is 0 Å². The largest absolute Gasteiger partial charge is 0.309 e. The zero-order valence-electron chi connectivity index (χ0n) is 11.7. The molecule has 0 spiro atoms. The van der Waals surface area contributed by atoms with Gasteiger partial charge < -0.3 is 5.32 Å². The number of hydrogen-bond donors (Lipinski definition) is 1. The van der Waals surface area contributed by atoms with E-state index in [1.54, 1.807) is 16.0 Å². The van der Waals surface area contributed by atoms with Crippen LogP contribution < -0.4 is 5.32 Å². The van der Waals surface area contributed by atoms with Crippen LogP contribution in [0.25, 0.3) is 10.4 Å². The van der Waals surface area contributed by atoms with Crippen molar-refractivity contribution < 1.29 is 4.39 Å². The summed E-state index contributed by atoms with van der Waals surface area (Å²) in [6.07, 6.45) is 3.82. The van der Waals surface area contributed by atoms with Crippen molar-refractivity contribution in [2.24, 2.45) is 7.05 Å². The molecule has 1 N–H and O–H groups in total. The van der Waals surface area contributed by atoms with Crippen LogP contribution in [0.1, 0.15) is 11.1 Å². The molecule has 5 heteroatoms. The Morgan fingerprint density at radius 3 is 2.81 bits per heavy atom. The Hall–Kier alpha value is -1.98. The van der Waals surface area contributed by atoms with Crippen LogP contribution >= 0.6 is 11.3 Å². The van der Waals surface area contributed by atoms with Crippen molar-refractivity contribution in [2.45, 2.75) is 13.1 Å². The molecule has 3 aromatic rings. The van der Waals surface area contributed by atoms with Gasteiger partial charge in [-0.2, -0.15) is 5.10 Å². The van der Waals surface area contributed by atoms with Crippen LogP contribution in [-0.4, -0.2) is 9.78 Å². The van der Waals surface area contributed by atoms with Gasteiger partial charge in [0.05, 0.1) is 6.20 Å². The first-order chi connectivity index (χ1) is 10.2. The summed E-state index contributed by atoms with van der Waals surface area (Å²) in [5, 5.41) is 9.44. The molecule has 2 aromatic heterocycles. The minimum atomic E-state index is -0.173. The van der Waals surface area contributed by atoms with E-state index in [-0.39, 0.29) is 5.82 Å². The van der Waals surface area contributed by atoms with Gasteiger partial charge in [-0.25, -0.2) is 4.39 Å². The highest BCUT2D eigenvalue weighted by atomic mass is 32.1. The number of benzene rings is 1. The Morgan fingerprint density at radius 2 is 2.10 bits per heavy atom. The molecule has 0 aliphatic carbocycles. The van der Waals surface area contributed by atoms with Crippen molar-refractivity contribution in [2.75, 3.05) is 0 Å². The Bertz CT molecular complexity index is 719. The number of thiophene rings is 1. The molecule has 2 heterocycles. The Morgan fingerprint density at radius 1 is 1.24 bits per heavy atom. The summed E-state index contributed by atoms with van der Waals surface area (Å²) in [5.41, 5.74) is 2.88. The van der Waals surface area contributed by atoms with Gasteiger partial charge in [0.15, 0.2) is 0 Å². The van der Waals surface area contributed by atoms with Gasteiger partial charge in [-0.05, 0) is 29.1 Å². The molecule has 0 saturated heterocycles. The Labute approximate surface area is 127 Å². The number of nitrogens with zero attached hydrogens (tertiary/aromatic N) is 2. The SMILES string of the molecule is Cn1cc(CNCc2ccc(F)c(-c3cccs3)c2)cn1. The molecule has 0 aliphatic heterocycles. The fourth-order valence-corrected chi connectivity index (χ4v) is 2.96. The van der Waals surface area contributed by atoms with Crippen LogP contribution in [0.5, 0.6) is 0 Å². The smallest absolute Gasteiger partial charge is 0.131 e. The van der Waals surface area contributed by atoms with Crippen molar-refractivity contribution in [1.82, 2.24) is 15.1 Å². The monoisotopic (exact) mass is 301 g/mol. The Kier molecular flexibility index (Phi) is 4.13. The molecular formula is C16H16FN3S. The maximum atomic E-state index is 13.9. The second kappa shape index (κ2) is 6.20. The second-order valence-corrected chi connectivity index (χ2v) is 5.87. The summed E-state index contributed by atoms with van der Waals surface area (Å²) in [7, 11) is 1.90. The lowest BCUT2D eigenvalue weighted by Crippen LogP contribution is -2.12. The quantitative estimate of drug-likeness (QED) is 0.780. The highest BCUT2D eigenvalue weighted by Gasteiger charge is 2.07. The van der Waals surface area contributed by atoms with Crippen LogP contribution in [0.15, 0.2) is 48.1 Å². The molecule has 108 valence electrons. The maximum absolute atomic E-state index is 13.9. The summed E-state index contributed by atoms with van der Waals surface area (Å²) in [5.74, 6) is -0.173. The first kappa shape index (κ1) is 14.0. The van der Waals surface area contributed by atoms with Gasteiger partial charge >= 0.3 is 0 Å². The van der Waals surface area contributed by atoms with Gasteiger partial charge in [0.1, 0.15) is 5.82 Å². The van der Waals surface area contributed by atoms with E-state index in [1.807, 2.05) is 49.1 Å². The molecule has 3 nitrogen and oxygen atoms in total. The molecule has 21 heavy (non-hydrogen) atoms. The maximum Gasteiger partial charge on any atom is 0.131 e. The predicted octanol–water partition coefficient (Wildman–Crippen LogP) is 3.58. The van der Waals surface area contributed by atoms with Gasteiger partial charge in [0.25, 0.3) is 0 Å². The van der Waals surface area contributed by atoms with Crippen molar-refractivity contribution in [3.05, 3.63) is 65.0 Å². The molecule has 0 bridgehead atoms. The third-order valence-corrected chi connectivity index (χ3v) is 4.14. The summed E-state index contributed by atoms with van der Waals surface area (Å²) >= 11 is 1.55. The molecule has 3 rings (SSSR count). The first-order valence-electron chi connectivity index (χ1n) is 6.73. The van der Waals surface area contributed by atoms with Crippen molar-refractivity contribution >= 4 is 11.3 Å². The fourth-order valence-electron chi connectivity index (χ4n) is 2.22. The zero-order valence-corrected chi connectivity index (χ0v) is 12.5. The number of halogens is 1. The molecule has 0 atom stereocenters. The van der Waals surface area contributed by atoms with E-state index in [2.05, 4.69) is 10.4 Å². The van der Waals surface area contributed by atoms with E-state index in [4.69, 9.17) is 0 Å². The average molecular weight is 301 g/mol. The topological polar surface area (TPSA) is 29.9 Å². The molecule has 0 amide bonds. The van der Waals surface area contributed by atoms with E-state index in [9.17, 15) is 4.39 Å². The molecule has 0 saturated carbocycles. The number of aryl methyl sites for hydroxylation is 1. The van der Waals surface area contributed by atoms with Crippen molar-refractivity contribution in [1.29, 1.82) is 0 Å². The second-order valence-electron chi connectivity index (χ2n) is 4.92. The van der Waals surface area contributed by atoms with Gasteiger partial charge in [-0.1, -0.05) is 12.1 Å². The standard InChI is InChI=1S/C16H16FN3S/c1-20-11-13(10-19-20)9-18-8-12-4-5-15(17)14(7-12)16-3-2-6-21-16/h2-7,10-11,18H,8-9H2,1H3. The molecule has 1 aromatic carbocycles. The van der Waals surface area contributed by atoms with Crippen molar-refractivity contribution in [3.8, 4) is 10.4 Å². The molecule has 0 fully saturated rings.